The van der Waals surface area contributed by atoms with E-state index in [-0.39, 0.29) is 28.8 Å². The molecule has 2 aromatic rings. The number of nitrogens with zero attached hydrogens (tertiary/aromatic N) is 2. The smallest absolute Gasteiger partial charge is 0.416 e. The Bertz CT molecular complexity index is 758. The first-order chi connectivity index (χ1) is 11.3. The molecule has 1 aromatic heterocycles. The first kappa shape index (κ1) is 17.7. The van der Waals surface area contributed by atoms with E-state index in [2.05, 4.69) is 15.5 Å². The molecule has 0 bridgehead atoms. The Morgan fingerprint density at radius 2 is 2.21 bits per heavy atom. The molecule has 0 saturated carbocycles. The lowest BCUT2D eigenvalue weighted by Crippen LogP contribution is -2.20. The fourth-order valence-corrected chi connectivity index (χ4v) is 2.24. The number of halogens is 3. The number of alkyl halides is 3. The van der Waals surface area contributed by atoms with Gasteiger partial charge in [-0.05, 0) is 25.1 Å². The topological polar surface area (TPSA) is 89.6 Å². The Morgan fingerprint density at radius 1 is 1.46 bits per heavy atom. The van der Waals surface area contributed by atoms with Gasteiger partial charge in [0.2, 0.25) is 0 Å². The summed E-state index contributed by atoms with van der Waals surface area (Å²) < 4.78 is 43.0. The number of ether oxygens (including phenoxy) is 1. The lowest BCUT2D eigenvalue weighted by molar-refractivity contribution is -0.137. The minimum atomic E-state index is -4.48. The van der Waals surface area contributed by atoms with E-state index in [1.807, 2.05) is 0 Å². The average Bonchev–Trinajstić information content (AvgIpc) is 2.93. The number of rotatable bonds is 5. The highest BCUT2D eigenvalue weighted by Crippen LogP contribution is 2.30. The van der Waals surface area contributed by atoms with E-state index in [0.29, 0.717) is 0 Å². The molecule has 0 aliphatic heterocycles. The molecule has 0 radical (unpaired) electrons. The number of anilines is 2. The molecular formula is C14H13F3N4O2S. The molecule has 1 aromatic carbocycles. The van der Waals surface area contributed by atoms with Crippen LogP contribution < -0.4 is 11.2 Å². The highest BCUT2D eigenvalue weighted by Gasteiger charge is 2.30. The van der Waals surface area contributed by atoms with E-state index >= 15 is 0 Å². The zero-order chi connectivity index (χ0) is 17.7. The number of nitrogens with one attached hydrogen (secondary N) is 1. The van der Waals surface area contributed by atoms with Gasteiger partial charge in [-0.15, -0.1) is 11.3 Å². The molecule has 0 unspecified atom stereocenters. The molecule has 0 fully saturated rings. The maximum atomic E-state index is 12.7. The standard InChI is InChI=1S/C14H13F3N4O2S/c1-2-23-12(22)11(10-7-24-13(18)19-10)21-20-9-5-3-4-8(6-9)14(15,16)17/h3-7,20H,2H2,1H3,(H2,18,19). The molecule has 10 heteroatoms. The molecule has 24 heavy (non-hydrogen) atoms. The van der Waals surface area contributed by atoms with Gasteiger partial charge in [0, 0.05) is 5.38 Å². The van der Waals surface area contributed by atoms with Crippen LogP contribution in [0, 0.1) is 0 Å². The summed E-state index contributed by atoms with van der Waals surface area (Å²) in [6.07, 6.45) is -4.48. The van der Waals surface area contributed by atoms with Crippen molar-refractivity contribution < 1.29 is 22.7 Å². The van der Waals surface area contributed by atoms with Crippen LogP contribution in [0.1, 0.15) is 18.2 Å². The van der Waals surface area contributed by atoms with Crippen molar-refractivity contribution in [1.82, 2.24) is 4.98 Å². The number of benzene rings is 1. The summed E-state index contributed by atoms with van der Waals surface area (Å²) in [4.78, 5) is 15.9. The molecule has 0 aliphatic carbocycles. The fraction of sp³-hybridized carbons (Fsp3) is 0.214. The van der Waals surface area contributed by atoms with Crippen molar-refractivity contribution in [3.63, 3.8) is 0 Å². The van der Waals surface area contributed by atoms with Crippen LogP contribution in [0.2, 0.25) is 0 Å². The van der Waals surface area contributed by atoms with Crippen LogP contribution in [0.4, 0.5) is 24.0 Å². The maximum Gasteiger partial charge on any atom is 0.416 e. The van der Waals surface area contributed by atoms with Gasteiger partial charge in [0.25, 0.3) is 0 Å². The first-order valence-electron chi connectivity index (χ1n) is 6.70. The minimum absolute atomic E-state index is 0.0647. The normalized spacial score (nSPS) is 12.1. The van der Waals surface area contributed by atoms with Crippen LogP contribution in [0.5, 0.6) is 0 Å². The van der Waals surface area contributed by atoms with Crippen molar-refractivity contribution >= 4 is 33.8 Å². The highest BCUT2D eigenvalue weighted by molar-refractivity contribution is 7.13. The van der Waals surface area contributed by atoms with Gasteiger partial charge < -0.3 is 10.5 Å². The van der Waals surface area contributed by atoms with E-state index in [4.69, 9.17) is 10.5 Å². The van der Waals surface area contributed by atoms with Crippen LogP contribution in [0.25, 0.3) is 0 Å². The molecule has 3 N–H and O–H groups in total. The summed E-state index contributed by atoms with van der Waals surface area (Å²) >= 11 is 1.10. The van der Waals surface area contributed by atoms with Crippen molar-refractivity contribution in [2.45, 2.75) is 13.1 Å². The summed E-state index contributed by atoms with van der Waals surface area (Å²) in [5, 5.41) is 5.55. The zero-order valence-corrected chi connectivity index (χ0v) is 13.2. The number of esters is 1. The van der Waals surface area contributed by atoms with Gasteiger partial charge in [0.05, 0.1) is 17.9 Å². The van der Waals surface area contributed by atoms with Crippen molar-refractivity contribution in [3.8, 4) is 0 Å². The zero-order valence-electron chi connectivity index (χ0n) is 12.4. The van der Waals surface area contributed by atoms with Crippen LogP contribution in [0.3, 0.4) is 0 Å². The number of aromatic nitrogens is 1. The van der Waals surface area contributed by atoms with Gasteiger partial charge >= 0.3 is 12.1 Å². The van der Waals surface area contributed by atoms with Crippen LogP contribution in [-0.4, -0.2) is 23.3 Å². The molecule has 6 nitrogen and oxygen atoms in total. The summed E-state index contributed by atoms with van der Waals surface area (Å²) in [5.74, 6) is -0.762. The van der Waals surface area contributed by atoms with Crippen molar-refractivity contribution in [3.05, 3.63) is 40.9 Å². The molecule has 1 heterocycles. The number of hydrazone groups is 1. The Kier molecular flexibility index (Phi) is 5.39. The molecule has 2 rings (SSSR count). The summed E-state index contributed by atoms with van der Waals surface area (Å²) in [5.41, 5.74) is 7.16. The molecule has 0 aliphatic rings. The first-order valence-corrected chi connectivity index (χ1v) is 7.58. The molecule has 0 saturated heterocycles. The maximum absolute atomic E-state index is 12.7. The third-order valence-corrected chi connectivity index (χ3v) is 3.39. The lowest BCUT2D eigenvalue weighted by atomic mass is 10.2. The van der Waals surface area contributed by atoms with Gasteiger partial charge in [-0.3, -0.25) is 5.43 Å². The second kappa shape index (κ2) is 7.30. The Labute approximate surface area is 139 Å². The van der Waals surface area contributed by atoms with E-state index < -0.39 is 17.7 Å². The summed E-state index contributed by atoms with van der Waals surface area (Å²) in [6, 6.07) is 4.42. The molecule has 0 amide bonds. The van der Waals surface area contributed by atoms with E-state index in [1.165, 1.54) is 17.5 Å². The number of hydrogen-bond donors (Lipinski definition) is 2. The second-order valence-corrected chi connectivity index (χ2v) is 5.33. The van der Waals surface area contributed by atoms with Crippen molar-refractivity contribution in [2.75, 3.05) is 17.8 Å². The summed E-state index contributed by atoms with van der Waals surface area (Å²) in [7, 11) is 0. The quantitative estimate of drug-likeness (QED) is 0.487. The molecule has 0 spiro atoms. The Morgan fingerprint density at radius 3 is 2.79 bits per heavy atom. The van der Waals surface area contributed by atoms with Crippen LogP contribution in [0.15, 0.2) is 34.7 Å². The largest absolute Gasteiger partial charge is 0.461 e. The number of thiazole rings is 1. The van der Waals surface area contributed by atoms with Gasteiger partial charge in [-0.25, -0.2) is 9.78 Å². The van der Waals surface area contributed by atoms with Gasteiger partial charge in [0.1, 0.15) is 5.69 Å². The predicted molar refractivity (Wildman–Crippen MR) is 84.8 cm³/mol. The van der Waals surface area contributed by atoms with Gasteiger partial charge in [-0.1, -0.05) is 6.07 Å². The number of hydrogen-bond acceptors (Lipinski definition) is 7. The number of nitrogens with two attached hydrogens (primary N) is 1. The summed E-state index contributed by atoms with van der Waals surface area (Å²) in [6.45, 7) is 1.73. The van der Waals surface area contributed by atoms with Crippen LogP contribution >= 0.6 is 11.3 Å². The van der Waals surface area contributed by atoms with Gasteiger partial charge in [0.15, 0.2) is 10.8 Å². The van der Waals surface area contributed by atoms with E-state index in [9.17, 15) is 18.0 Å². The van der Waals surface area contributed by atoms with Gasteiger partial charge in [-0.2, -0.15) is 18.3 Å². The molecular weight excluding hydrogens is 345 g/mol. The fourth-order valence-electron chi connectivity index (χ4n) is 1.69. The number of nitrogen functional groups attached to an aromatic ring is 1. The van der Waals surface area contributed by atoms with Crippen LogP contribution in [-0.2, 0) is 15.7 Å². The molecule has 128 valence electrons. The minimum Gasteiger partial charge on any atom is -0.461 e. The third-order valence-electron chi connectivity index (χ3n) is 2.72. The number of carbonyl (C=O) groups excluding carboxylic acids is 1. The van der Waals surface area contributed by atoms with E-state index in [1.54, 1.807) is 6.92 Å². The Hall–Kier alpha value is -2.62. The van der Waals surface area contributed by atoms with E-state index in [0.717, 1.165) is 23.5 Å². The number of carbonyl (C=O) groups is 1. The molecule has 0 atom stereocenters. The third kappa shape index (κ3) is 4.44. The Balaban J connectivity index is 2.29. The SMILES string of the molecule is CCOC(=O)C(=NNc1cccc(C(F)(F)F)c1)c1csc(N)n1. The highest BCUT2D eigenvalue weighted by atomic mass is 32.1. The van der Waals surface area contributed by atoms with Crippen molar-refractivity contribution in [1.29, 1.82) is 0 Å². The second-order valence-electron chi connectivity index (χ2n) is 4.44. The predicted octanol–water partition coefficient (Wildman–Crippen LogP) is 3.12. The monoisotopic (exact) mass is 358 g/mol. The average molecular weight is 358 g/mol. The van der Waals surface area contributed by atoms with Crippen molar-refractivity contribution in [2.24, 2.45) is 5.10 Å². The lowest BCUT2D eigenvalue weighted by Gasteiger charge is -2.09.